The summed E-state index contributed by atoms with van der Waals surface area (Å²) < 4.78 is 19.7. The highest BCUT2D eigenvalue weighted by Crippen LogP contribution is 2.23. The van der Waals surface area contributed by atoms with Crippen LogP contribution < -0.4 is 15.4 Å². The lowest BCUT2D eigenvalue weighted by molar-refractivity contribution is 0.240. The Labute approximate surface area is 159 Å². The molecule has 0 saturated carbocycles. The third kappa shape index (κ3) is 5.42. The van der Waals surface area contributed by atoms with Gasteiger partial charge in [-0.15, -0.1) is 0 Å². The van der Waals surface area contributed by atoms with Gasteiger partial charge in [-0.2, -0.15) is 0 Å². The summed E-state index contributed by atoms with van der Waals surface area (Å²) in [7, 11) is 0. The van der Waals surface area contributed by atoms with Crippen LogP contribution in [0.1, 0.15) is 11.1 Å². The zero-order valence-corrected chi connectivity index (χ0v) is 15.6. The van der Waals surface area contributed by atoms with Crippen LogP contribution in [0.3, 0.4) is 0 Å². The van der Waals surface area contributed by atoms with Gasteiger partial charge in [-0.3, -0.25) is 4.90 Å². The Morgan fingerprint density at radius 1 is 1.12 bits per heavy atom. The van der Waals surface area contributed by atoms with Crippen molar-refractivity contribution in [2.75, 3.05) is 39.3 Å². The molecule has 4 nitrogen and oxygen atoms in total. The third-order valence-corrected chi connectivity index (χ3v) is 4.89. The Balaban J connectivity index is 1.51. The number of halogens is 2. The summed E-state index contributed by atoms with van der Waals surface area (Å²) in [5.74, 6) is 0.408. The van der Waals surface area contributed by atoms with E-state index in [1.54, 1.807) is 12.1 Å². The second kappa shape index (κ2) is 9.88. The van der Waals surface area contributed by atoms with Crippen LogP contribution in [0, 0.1) is 5.82 Å². The molecule has 1 aliphatic heterocycles. The zero-order valence-electron chi connectivity index (χ0n) is 14.8. The number of hydrogen-bond acceptors (Lipinski definition) is 4. The molecule has 6 heteroatoms. The summed E-state index contributed by atoms with van der Waals surface area (Å²) in [5, 5.41) is 7.21. The van der Waals surface area contributed by atoms with E-state index in [0.29, 0.717) is 17.1 Å². The molecule has 1 heterocycles. The maximum atomic E-state index is 13.9. The number of hydrogen-bond donors (Lipinski definition) is 2. The lowest BCUT2D eigenvalue weighted by atomic mass is 10.2. The molecule has 3 rings (SSSR count). The molecule has 2 aromatic rings. The Morgan fingerprint density at radius 2 is 1.92 bits per heavy atom. The van der Waals surface area contributed by atoms with Gasteiger partial charge in [0.1, 0.15) is 18.2 Å². The molecule has 2 aromatic carbocycles. The standard InChI is InChI=1S/C20H25ClFN3O/c21-18-5-3-6-19(22)17(18)15-26-20-7-2-1-4-16(20)14-24-10-13-25-11-8-23-9-12-25/h1-7,23-24H,8-15H2. The molecule has 140 valence electrons. The van der Waals surface area contributed by atoms with Gasteiger partial charge < -0.3 is 15.4 Å². The summed E-state index contributed by atoms with van der Waals surface area (Å²) in [5.41, 5.74) is 1.44. The van der Waals surface area contributed by atoms with E-state index in [1.165, 1.54) is 6.07 Å². The topological polar surface area (TPSA) is 36.5 Å². The van der Waals surface area contributed by atoms with E-state index in [1.807, 2.05) is 24.3 Å². The summed E-state index contributed by atoms with van der Waals surface area (Å²) in [6.45, 7) is 7.12. The largest absolute Gasteiger partial charge is 0.488 e. The number of piperazine rings is 1. The molecule has 2 N–H and O–H groups in total. The highest BCUT2D eigenvalue weighted by Gasteiger charge is 2.11. The monoisotopic (exact) mass is 377 g/mol. The number of nitrogens with zero attached hydrogens (tertiary/aromatic N) is 1. The van der Waals surface area contributed by atoms with Gasteiger partial charge in [0.05, 0.1) is 5.02 Å². The molecule has 0 amide bonds. The van der Waals surface area contributed by atoms with Gasteiger partial charge in [0.15, 0.2) is 0 Å². The first-order valence-corrected chi connectivity index (χ1v) is 9.39. The second-order valence-electron chi connectivity index (χ2n) is 6.37. The predicted octanol–water partition coefficient (Wildman–Crippen LogP) is 3.05. The quantitative estimate of drug-likeness (QED) is 0.693. The summed E-state index contributed by atoms with van der Waals surface area (Å²) >= 11 is 6.07. The average molecular weight is 378 g/mol. The Bertz CT molecular complexity index is 687. The van der Waals surface area contributed by atoms with E-state index in [9.17, 15) is 4.39 Å². The molecule has 0 aromatic heterocycles. The second-order valence-corrected chi connectivity index (χ2v) is 6.77. The van der Waals surface area contributed by atoms with Gasteiger partial charge in [0.2, 0.25) is 0 Å². The lowest BCUT2D eigenvalue weighted by Crippen LogP contribution is -2.45. The molecule has 0 atom stereocenters. The first kappa shape index (κ1) is 19.1. The first-order valence-electron chi connectivity index (χ1n) is 9.01. The van der Waals surface area contributed by atoms with Crippen molar-refractivity contribution in [2.45, 2.75) is 13.2 Å². The van der Waals surface area contributed by atoms with Gasteiger partial charge in [-0.1, -0.05) is 35.9 Å². The van der Waals surface area contributed by atoms with Crippen LogP contribution in [0.5, 0.6) is 5.75 Å². The molecule has 1 saturated heterocycles. The molecule has 0 aliphatic carbocycles. The number of nitrogens with one attached hydrogen (secondary N) is 2. The van der Waals surface area contributed by atoms with Crippen molar-refractivity contribution < 1.29 is 9.13 Å². The average Bonchev–Trinajstić information content (AvgIpc) is 2.66. The minimum absolute atomic E-state index is 0.114. The highest BCUT2D eigenvalue weighted by molar-refractivity contribution is 6.31. The van der Waals surface area contributed by atoms with E-state index >= 15 is 0 Å². The van der Waals surface area contributed by atoms with Crippen molar-refractivity contribution in [1.82, 2.24) is 15.5 Å². The molecule has 0 radical (unpaired) electrons. The maximum absolute atomic E-state index is 13.9. The lowest BCUT2D eigenvalue weighted by Gasteiger charge is -2.27. The van der Waals surface area contributed by atoms with Crippen LogP contribution in [0.15, 0.2) is 42.5 Å². The van der Waals surface area contributed by atoms with E-state index in [0.717, 1.165) is 50.6 Å². The van der Waals surface area contributed by atoms with Crippen molar-refractivity contribution in [1.29, 1.82) is 0 Å². The SMILES string of the molecule is Fc1cccc(Cl)c1COc1ccccc1CNCCN1CCNCC1. The van der Waals surface area contributed by atoms with E-state index in [-0.39, 0.29) is 12.4 Å². The van der Waals surface area contributed by atoms with Crippen LogP contribution in [-0.4, -0.2) is 44.2 Å². The Morgan fingerprint density at radius 3 is 2.73 bits per heavy atom. The fourth-order valence-electron chi connectivity index (χ4n) is 3.01. The third-order valence-electron chi connectivity index (χ3n) is 4.54. The molecule has 1 aliphatic rings. The summed E-state index contributed by atoms with van der Waals surface area (Å²) in [6.07, 6.45) is 0. The van der Waals surface area contributed by atoms with Crippen molar-refractivity contribution in [3.8, 4) is 5.75 Å². The van der Waals surface area contributed by atoms with Crippen LogP contribution in [0.25, 0.3) is 0 Å². The molecule has 26 heavy (non-hydrogen) atoms. The number of rotatable bonds is 8. The van der Waals surface area contributed by atoms with Crippen LogP contribution in [-0.2, 0) is 13.2 Å². The van der Waals surface area contributed by atoms with E-state index < -0.39 is 0 Å². The molecule has 1 fully saturated rings. The molecule has 0 spiro atoms. The van der Waals surface area contributed by atoms with Crippen molar-refractivity contribution in [2.24, 2.45) is 0 Å². The van der Waals surface area contributed by atoms with Crippen LogP contribution in [0.4, 0.5) is 4.39 Å². The maximum Gasteiger partial charge on any atom is 0.131 e. The highest BCUT2D eigenvalue weighted by atomic mass is 35.5. The van der Waals surface area contributed by atoms with Crippen LogP contribution in [0.2, 0.25) is 5.02 Å². The predicted molar refractivity (Wildman–Crippen MR) is 103 cm³/mol. The summed E-state index contributed by atoms with van der Waals surface area (Å²) in [4.78, 5) is 2.45. The van der Waals surface area contributed by atoms with Gasteiger partial charge in [-0.05, 0) is 18.2 Å². The number of benzene rings is 2. The van der Waals surface area contributed by atoms with Crippen LogP contribution >= 0.6 is 11.6 Å². The fourth-order valence-corrected chi connectivity index (χ4v) is 3.22. The number of para-hydroxylation sites is 1. The minimum atomic E-state index is -0.343. The zero-order chi connectivity index (χ0) is 18.2. The van der Waals surface area contributed by atoms with Gasteiger partial charge in [0.25, 0.3) is 0 Å². The minimum Gasteiger partial charge on any atom is -0.488 e. The van der Waals surface area contributed by atoms with Gasteiger partial charge >= 0.3 is 0 Å². The Kier molecular flexibility index (Phi) is 7.26. The van der Waals surface area contributed by atoms with Crippen molar-refractivity contribution >= 4 is 11.6 Å². The number of ether oxygens (including phenoxy) is 1. The smallest absolute Gasteiger partial charge is 0.131 e. The first-order chi connectivity index (χ1) is 12.7. The molecular weight excluding hydrogens is 353 g/mol. The molecular formula is C20H25ClFN3O. The van der Waals surface area contributed by atoms with Gasteiger partial charge in [-0.25, -0.2) is 4.39 Å². The van der Waals surface area contributed by atoms with Gasteiger partial charge in [0, 0.05) is 56.9 Å². The summed E-state index contributed by atoms with van der Waals surface area (Å²) in [6, 6.07) is 12.5. The van der Waals surface area contributed by atoms with Crippen molar-refractivity contribution in [3.63, 3.8) is 0 Å². The molecule has 0 unspecified atom stereocenters. The fraction of sp³-hybridized carbons (Fsp3) is 0.400. The normalized spacial score (nSPS) is 15.2. The van der Waals surface area contributed by atoms with E-state index in [4.69, 9.17) is 16.3 Å². The van der Waals surface area contributed by atoms with Crippen molar-refractivity contribution in [3.05, 3.63) is 64.4 Å². The van der Waals surface area contributed by atoms with E-state index in [2.05, 4.69) is 15.5 Å². The Hall–Kier alpha value is -1.66. The molecule has 0 bridgehead atoms.